The molecule has 0 rings (SSSR count). The third-order valence-electron chi connectivity index (χ3n) is 3.39. The summed E-state index contributed by atoms with van der Waals surface area (Å²) in [7, 11) is 0. The Balaban J connectivity index is 3.15. The van der Waals surface area contributed by atoms with E-state index in [9.17, 15) is 4.79 Å². The SMILES string of the molecule is C=C(C)CCC(=O)CCCCCCCCCCC. The molecule has 0 amide bonds. The van der Waals surface area contributed by atoms with E-state index < -0.39 is 0 Å². The van der Waals surface area contributed by atoms with E-state index in [4.69, 9.17) is 0 Å². The highest BCUT2D eigenvalue weighted by Crippen LogP contribution is 2.12. The van der Waals surface area contributed by atoms with E-state index in [2.05, 4.69) is 13.5 Å². The fraction of sp³-hybridized carbons (Fsp3) is 0.824. The van der Waals surface area contributed by atoms with Gasteiger partial charge in [-0.3, -0.25) is 4.79 Å². The Kier molecular flexibility index (Phi) is 12.4. The van der Waals surface area contributed by atoms with Crippen molar-refractivity contribution in [3.05, 3.63) is 12.2 Å². The Hall–Kier alpha value is -0.590. The molecule has 106 valence electrons. The Morgan fingerprint density at radius 3 is 1.78 bits per heavy atom. The van der Waals surface area contributed by atoms with Gasteiger partial charge < -0.3 is 0 Å². The first-order valence-corrected chi connectivity index (χ1v) is 7.83. The summed E-state index contributed by atoms with van der Waals surface area (Å²) in [5.41, 5.74) is 1.12. The van der Waals surface area contributed by atoms with Crippen molar-refractivity contribution in [1.82, 2.24) is 0 Å². The van der Waals surface area contributed by atoms with Gasteiger partial charge in [0.05, 0.1) is 0 Å². The molecule has 0 radical (unpaired) electrons. The topological polar surface area (TPSA) is 17.1 Å². The lowest BCUT2D eigenvalue weighted by Crippen LogP contribution is -1.97. The van der Waals surface area contributed by atoms with Crippen LogP contribution < -0.4 is 0 Å². The molecule has 0 aliphatic rings. The fourth-order valence-corrected chi connectivity index (χ4v) is 2.11. The Labute approximate surface area is 114 Å². The van der Waals surface area contributed by atoms with Crippen molar-refractivity contribution in [3.8, 4) is 0 Å². The molecule has 0 N–H and O–H groups in total. The summed E-state index contributed by atoms with van der Waals surface area (Å²) >= 11 is 0. The van der Waals surface area contributed by atoms with Gasteiger partial charge in [-0.2, -0.15) is 0 Å². The molecule has 0 fully saturated rings. The van der Waals surface area contributed by atoms with E-state index in [1.807, 2.05) is 6.92 Å². The van der Waals surface area contributed by atoms with Gasteiger partial charge in [0.2, 0.25) is 0 Å². The Bertz CT molecular complexity index is 218. The number of unbranched alkanes of at least 4 members (excludes halogenated alkanes) is 8. The number of Topliss-reactive ketones (excluding diaryl/α,β-unsaturated/α-hetero) is 1. The maximum atomic E-state index is 11.5. The summed E-state index contributed by atoms with van der Waals surface area (Å²) in [6.07, 6.45) is 14.2. The molecule has 0 spiro atoms. The van der Waals surface area contributed by atoms with Crippen LogP contribution in [0.15, 0.2) is 12.2 Å². The van der Waals surface area contributed by atoms with Crippen LogP contribution in [0.1, 0.15) is 90.9 Å². The highest BCUT2D eigenvalue weighted by Gasteiger charge is 2.01. The average Bonchev–Trinajstić information content (AvgIpc) is 2.34. The van der Waals surface area contributed by atoms with Gasteiger partial charge in [0.15, 0.2) is 0 Å². The van der Waals surface area contributed by atoms with Crippen LogP contribution in [0.2, 0.25) is 0 Å². The standard InChI is InChI=1S/C17H32O/c1-4-5-6-7-8-9-10-11-12-13-17(18)15-14-16(2)3/h2,4-15H2,1,3H3. The number of hydrogen-bond acceptors (Lipinski definition) is 1. The third kappa shape index (κ3) is 13.5. The van der Waals surface area contributed by atoms with Gasteiger partial charge in [0.1, 0.15) is 5.78 Å². The van der Waals surface area contributed by atoms with E-state index >= 15 is 0 Å². The second kappa shape index (κ2) is 12.9. The van der Waals surface area contributed by atoms with Gasteiger partial charge in [-0.15, -0.1) is 6.58 Å². The predicted octanol–water partition coefficient (Wildman–Crippen LogP) is 5.83. The normalized spacial score (nSPS) is 10.6. The molecule has 0 atom stereocenters. The van der Waals surface area contributed by atoms with Gasteiger partial charge >= 0.3 is 0 Å². The molecule has 0 aromatic carbocycles. The van der Waals surface area contributed by atoms with Gasteiger partial charge in [-0.25, -0.2) is 0 Å². The van der Waals surface area contributed by atoms with E-state index in [1.165, 1.54) is 51.4 Å². The Morgan fingerprint density at radius 2 is 1.28 bits per heavy atom. The van der Waals surface area contributed by atoms with E-state index in [0.717, 1.165) is 24.8 Å². The van der Waals surface area contributed by atoms with Crippen LogP contribution in [0.25, 0.3) is 0 Å². The maximum Gasteiger partial charge on any atom is 0.133 e. The minimum absolute atomic E-state index is 0.418. The van der Waals surface area contributed by atoms with Crippen LogP contribution >= 0.6 is 0 Å². The molecule has 0 aliphatic heterocycles. The van der Waals surface area contributed by atoms with Crippen molar-refractivity contribution in [2.24, 2.45) is 0 Å². The lowest BCUT2D eigenvalue weighted by atomic mass is 10.0. The van der Waals surface area contributed by atoms with E-state index in [1.54, 1.807) is 0 Å². The molecule has 0 saturated heterocycles. The van der Waals surface area contributed by atoms with Crippen LogP contribution in [0.3, 0.4) is 0 Å². The Morgan fingerprint density at radius 1 is 0.778 bits per heavy atom. The van der Waals surface area contributed by atoms with Crippen molar-refractivity contribution >= 4 is 5.78 Å². The monoisotopic (exact) mass is 252 g/mol. The zero-order chi connectivity index (χ0) is 13.6. The molecule has 0 aromatic heterocycles. The van der Waals surface area contributed by atoms with Crippen LogP contribution in [0.5, 0.6) is 0 Å². The second-order valence-corrected chi connectivity index (χ2v) is 5.57. The van der Waals surface area contributed by atoms with Gasteiger partial charge in [0, 0.05) is 12.8 Å². The molecule has 0 heterocycles. The molecule has 1 nitrogen and oxygen atoms in total. The van der Waals surface area contributed by atoms with Crippen molar-refractivity contribution in [2.75, 3.05) is 0 Å². The molecule has 1 heteroatoms. The van der Waals surface area contributed by atoms with Crippen molar-refractivity contribution in [2.45, 2.75) is 90.9 Å². The first-order chi connectivity index (χ1) is 8.66. The minimum atomic E-state index is 0.418. The smallest absolute Gasteiger partial charge is 0.133 e. The summed E-state index contributed by atoms with van der Waals surface area (Å²) in [6.45, 7) is 8.07. The number of ketones is 1. The average molecular weight is 252 g/mol. The number of allylic oxidation sites excluding steroid dienone is 1. The van der Waals surface area contributed by atoms with Crippen molar-refractivity contribution < 1.29 is 4.79 Å². The highest BCUT2D eigenvalue weighted by molar-refractivity contribution is 5.78. The van der Waals surface area contributed by atoms with Crippen LogP contribution in [0.4, 0.5) is 0 Å². The van der Waals surface area contributed by atoms with Crippen molar-refractivity contribution in [3.63, 3.8) is 0 Å². The molecule has 18 heavy (non-hydrogen) atoms. The summed E-state index contributed by atoms with van der Waals surface area (Å²) in [4.78, 5) is 11.5. The zero-order valence-corrected chi connectivity index (χ0v) is 12.6. The first-order valence-electron chi connectivity index (χ1n) is 7.83. The lowest BCUT2D eigenvalue weighted by molar-refractivity contribution is -0.119. The third-order valence-corrected chi connectivity index (χ3v) is 3.39. The van der Waals surface area contributed by atoms with E-state index in [0.29, 0.717) is 12.2 Å². The molecule has 0 unspecified atom stereocenters. The molecular weight excluding hydrogens is 220 g/mol. The molecule has 0 aromatic rings. The maximum absolute atomic E-state index is 11.5. The zero-order valence-electron chi connectivity index (χ0n) is 12.6. The molecule has 0 bridgehead atoms. The quantitative estimate of drug-likeness (QED) is 0.297. The van der Waals surface area contributed by atoms with Gasteiger partial charge in [-0.1, -0.05) is 63.9 Å². The number of rotatable bonds is 13. The van der Waals surface area contributed by atoms with Crippen LogP contribution in [-0.2, 0) is 4.79 Å². The van der Waals surface area contributed by atoms with E-state index in [-0.39, 0.29) is 0 Å². The molecule has 0 saturated carbocycles. The van der Waals surface area contributed by atoms with Crippen LogP contribution in [0, 0.1) is 0 Å². The minimum Gasteiger partial charge on any atom is -0.300 e. The molecular formula is C17H32O. The fourth-order valence-electron chi connectivity index (χ4n) is 2.11. The summed E-state index contributed by atoms with van der Waals surface area (Å²) in [6, 6.07) is 0. The second-order valence-electron chi connectivity index (χ2n) is 5.57. The predicted molar refractivity (Wildman–Crippen MR) is 80.9 cm³/mol. The summed E-state index contributed by atoms with van der Waals surface area (Å²) < 4.78 is 0. The number of carbonyl (C=O) groups excluding carboxylic acids is 1. The highest BCUT2D eigenvalue weighted by atomic mass is 16.1. The number of carbonyl (C=O) groups is 1. The summed E-state index contributed by atoms with van der Waals surface area (Å²) in [5.74, 6) is 0.418. The summed E-state index contributed by atoms with van der Waals surface area (Å²) in [5, 5.41) is 0. The van der Waals surface area contributed by atoms with Gasteiger partial charge in [0.25, 0.3) is 0 Å². The molecule has 0 aliphatic carbocycles. The lowest BCUT2D eigenvalue weighted by Gasteiger charge is -2.02. The number of hydrogen-bond donors (Lipinski definition) is 0. The van der Waals surface area contributed by atoms with Crippen molar-refractivity contribution in [1.29, 1.82) is 0 Å². The largest absolute Gasteiger partial charge is 0.300 e. The first kappa shape index (κ1) is 17.4. The van der Waals surface area contributed by atoms with Gasteiger partial charge in [-0.05, 0) is 19.8 Å². The van der Waals surface area contributed by atoms with Crippen LogP contribution in [-0.4, -0.2) is 5.78 Å².